The van der Waals surface area contributed by atoms with Crippen LogP contribution in [-0.2, 0) is 11.2 Å². The average molecular weight is 379 g/mol. The summed E-state index contributed by atoms with van der Waals surface area (Å²) in [7, 11) is 0. The van der Waals surface area contributed by atoms with Gasteiger partial charge < -0.3 is 10.3 Å². The monoisotopic (exact) mass is 379 g/mol. The number of nitrogens with zero attached hydrogens (tertiary/aromatic N) is 1. The van der Waals surface area contributed by atoms with Crippen molar-refractivity contribution in [1.82, 2.24) is 15.2 Å². The van der Waals surface area contributed by atoms with Crippen LogP contribution in [0.4, 0.5) is 4.39 Å². The van der Waals surface area contributed by atoms with E-state index in [9.17, 15) is 9.18 Å². The van der Waals surface area contributed by atoms with Gasteiger partial charge in [0, 0.05) is 23.6 Å². The Morgan fingerprint density at radius 3 is 2.71 bits per heavy atom. The summed E-state index contributed by atoms with van der Waals surface area (Å²) in [6.07, 6.45) is 4.90. The molecule has 0 aliphatic carbocycles. The molecule has 1 aliphatic heterocycles. The van der Waals surface area contributed by atoms with E-state index < -0.39 is 0 Å². The molecule has 1 saturated heterocycles. The highest BCUT2D eigenvalue weighted by Crippen LogP contribution is 2.33. The van der Waals surface area contributed by atoms with Crippen LogP contribution in [0, 0.1) is 5.82 Å². The minimum atomic E-state index is -0.214. The Morgan fingerprint density at radius 2 is 1.93 bits per heavy atom. The number of piperidine rings is 1. The zero-order valence-corrected chi connectivity index (χ0v) is 16.0. The largest absolute Gasteiger partial charge is 0.361 e. The number of aromatic nitrogens is 1. The van der Waals surface area contributed by atoms with Crippen LogP contribution in [0.2, 0.25) is 0 Å². The fraction of sp³-hybridized carbons (Fsp3) is 0.348. The predicted octanol–water partition coefficient (Wildman–Crippen LogP) is 3.85. The topological polar surface area (TPSA) is 48.1 Å². The van der Waals surface area contributed by atoms with Gasteiger partial charge in [-0.1, -0.05) is 30.3 Å². The minimum absolute atomic E-state index is 0.0944. The highest BCUT2D eigenvalue weighted by molar-refractivity contribution is 5.83. The predicted molar refractivity (Wildman–Crippen MR) is 110 cm³/mol. The Morgan fingerprint density at radius 1 is 1.14 bits per heavy atom. The molecule has 28 heavy (non-hydrogen) atoms. The Labute approximate surface area is 164 Å². The second kappa shape index (κ2) is 8.57. The number of carbonyl (C=O) groups is 1. The number of halogens is 1. The fourth-order valence-electron chi connectivity index (χ4n) is 4.11. The molecule has 0 unspecified atom stereocenters. The smallest absolute Gasteiger partial charge is 0.234 e. The molecule has 0 atom stereocenters. The van der Waals surface area contributed by atoms with Crippen LogP contribution >= 0.6 is 0 Å². The van der Waals surface area contributed by atoms with Crippen molar-refractivity contribution in [1.29, 1.82) is 0 Å². The molecule has 2 aromatic carbocycles. The lowest BCUT2D eigenvalue weighted by molar-refractivity contribution is -0.122. The zero-order chi connectivity index (χ0) is 19.3. The second-order valence-electron chi connectivity index (χ2n) is 7.57. The van der Waals surface area contributed by atoms with Gasteiger partial charge in [0.05, 0.1) is 6.54 Å². The summed E-state index contributed by atoms with van der Waals surface area (Å²) >= 11 is 0. The number of rotatable bonds is 6. The van der Waals surface area contributed by atoms with Crippen molar-refractivity contribution in [3.8, 4) is 0 Å². The molecule has 0 bridgehead atoms. The lowest BCUT2D eigenvalue weighted by Crippen LogP contribution is -2.41. The zero-order valence-electron chi connectivity index (χ0n) is 16.0. The number of nitrogens with one attached hydrogen (secondary N) is 2. The van der Waals surface area contributed by atoms with Gasteiger partial charge in [-0.3, -0.25) is 9.69 Å². The van der Waals surface area contributed by atoms with Gasteiger partial charge in [-0.15, -0.1) is 0 Å². The van der Waals surface area contributed by atoms with Crippen LogP contribution < -0.4 is 5.32 Å². The Balaban J connectivity index is 1.24. The van der Waals surface area contributed by atoms with E-state index >= 15 is 0 Å². The van der Waals surface area contributed by atoms with Crippen LogP contribution in [0.3, 0.4) is 0 Å². The molecule has 0 radical (unpaired) electrons. The number of aromatic amines is 1. The van der Waals surface area contributed by atoms with Gasteiger partial charge in [0.1, 0.15) is 5.82 Å². The first-order valence-corrected chi connectivity index (χ1v) is 9.98. The van der Waals surface area contributed by atoms with Crippen molar-refractivity contribution in [2.75, 3.05) is 26.2 Å². The Kier molecular flexibility index (Phi) is 5.72. The van der Waals surface area contributed by atoms with Crippen LogP contribution in [0.1, 0.15) is 29.9 Å². The maximum Gasteiger partial charge on any atom is 0.234 e. The molecule has 4 nitrogen and oxygen atoms in total. The molecule has 0 saturated carbocycles. The number of benzene rings is 2. The summed E-state index contributed by atoms with van der Waals surface area (Å²) in [5, 5.41) is 4.14. The number of H-pyrrole nitrogens is 1. The van der Waals surface area contributed by atoms with Gasteiger partial charge in [0.2, 0.25) is 5.91 Å². The number of carbonyl (C=O) groups excluding carboxylic acids is 1. The van der Waals surface area contributed by atoms with Gasteiger partial charge in [-0.2, -0.15) is 0 Å². The Bertz CT molecular complexity index is 929. The average Bonchev–Trinajstić information content (AvgIpc) is 3.12. The van der Waals surface area contributed by atoms with Gasteiger partial charge in [-0.05, 0) is 67.6 Å². The standard InChI is InChI=1S/C23H26FN3O/c24-19-6-7-20-21(15-26-22(20)14-19)18-9-12-27(13-10-18)16-23(28)25-11-8-17-4-2-1-3-5-17/h1-7,14-15,18,26H,8-13,16H2,(H,25,28). The summed E-state index contributed by atoms with van der Waals surface area (Å²) in [6.45, 7) is 2.95. The molecule has 2 N–H and O–H groups in total. The third kappa shape index (κ3) is 4.42. The summed E-state index contributed by atoms with van der Waals surface area (Å²) in [5.74, 6) is 0.336. The highest BCUT2D eigenvalue weighted by atomic mass is 19.1. The first-order valence-electron chi connectivity index (χ1n) is 9.98. The van der Waals surface area contributed by atoms with E-state index in [1.807, 2.05) is 30.5 Å². The Hall–Kier alpha value is -2.66. The first kappa shape index (κ1) is 18.7. The summed E-state index contributed by atoms with van der Waals surface area (Å²) in [6, 6.07) is 15.1. The molecule has 1 fully saturated rings. The number of hydrogen-bond donors (Lipinski definition) is 2. The quantitative estimate of drug-likeness (QED) is 0.684. The normalized spacial score (nSPS) is 15.8. The van der Waals surface area contributed by atoms with Crippen molar-refractivity contribution >= 4 is 16.8 Å². The first-order chi connectivity index (χ1) is 13.7. The van der Waals surface area contributed by atoms with E-state index in [0.29, 0.717) is 19.0 Å². The lowest BCUT2D eigenvalue weighted by Gasteiger charge is -2.31. The van der Waals surface area contributed by atoms with E-state index in [-0.39, 0.29) is 11.7 Å². The molecule has 3 aromatic rings. The molecule has 2 heterocycles. The lowest BCUT2D eigenvalue weighted by atomic mass is 9.89. The third-order valence-electron chi connectivity index (χ3n) is 5.65. The fourth-order valence-corrected chi connectivity index (χ4v) is 4.11. The molecule has 0 spiro atoms. The molecule has 1 aromatic heterocycles. The van der Waals surface area contributed by atoms with Crippen molar-refractivity contribution in [3.05, 3.63) is 71.7 Å². The van der Waals surface area contributed by atoms with Gasteiger partial charge in [-0.25, -0.2) is 4.39 Å². The van der Waals surface area contributed by atoms with Crippen molar-refractivity contribution in [3.63, 3.8) is 0 Å². The molecule has 5 heteroatoms. The van der Waals surface area contributed by atoms with Crippen LogP contribution in [0.5, 0.6) is 0 Å². The van der Waals surface area contributed by atoms with Gasteiger partial charge in [0.15, 0.2) is 0 Å². The van der Waals surface area contributed by atoms with Crippen molar-refractivity contribution < 1.29 is 9.18 Å². The molecule has 1 aliphatic rings. The molecule has 146 valence electrons. The van der Waals surface area contributed by atoms with E-state index in [1.165, 1.54) is 17.2 Å². The van der Waals surface area contributed by atoms with Crippen molar-refractivity contribution in [2.24, 2.45) is 0 Å². The third-order valence-corrected chi connectivity index (χ3v) is 5.65. The highest BCUT2D eigenvalue weighted by Gasteiger charge is 2.23. The van der Waals surface area contributed by atoms with Gasteiger partial charge in [0.25, 0.3) is 0 Å². The summed E-state index contributed by atoms with van der Waals surface area (Å²) < 4.78 is 13.4. The van der Waals surface area contributed by atoms with Crippen molar-refractivity contribution in [2.45, 2.75) is 25.2 Å². The molecule has 1 amide bonds. The van der Waals surface area contributed by atoms with E-state index in [2.05, 4.69) is 27.3 Å². The van der Waals surface area contributed by atoms with E-state index in [1.54, 1.807) is 6.07 Å². The van der Waals surface area contributed by atoms with Gasteiger partial charge >= 0.3 is 0 Å². The molecule has 4 rings (SSSR count). The number of likely N-dealkylation sites (tertiary alicyclic amines) is 1. The SMILES string of the molecule is O=C(CN1CCC(c2c[nH]c3cc(F)ccc23)CC1)NCCc1ccccc1. The minimum Gasteiger partial charge on any atom is -0.361 e. The summed E-state index contributed by atoms with van der Waals surface area (Å²) in [5.41, 5.74) is 3.36. The number of fused-ring (bicyclic) bond motifs is 1. The van der Waals surface area contributed by atoms with Crippen LogP contribution in [0.25, 0.3) is 10.9 Å². The molecular weight excluding hydrogens is 353 g/mol. The molecular formula is C23H26FN3O. The summed E-state index contributed by atoms with van der Waals surface area (Å²) in [4.78, 5) is 17.6. The van der Waals surface area contributed by atoms with E-state index in [0.717, 1.165) is 43.3 Å². The van der Waals surface area contributed by atoms with E-state index in [4.69, 9.17) is 0 Å². The maximum absolute atomic E-state index is 13.4. The number of amides is 1. The van der Waals surface area contributed by atoms with Crippen LogP contribution in [0.15, 0.2) is 54.7 Å². The maximum atomic E-state index is 13.4. The van der Waals surface area contributed by atoms with Crippen LogP contribution in [-0.4, -0.2) is 42.0 Å². The second-order valence-corrected chi connectivity index (χ2v) is 7.57. The number of hydrogen-bond acceptors (Lipinski definition) is 2.